The van der Waals surface area contributed by atoms with E-state index in [1.807, 2.05) is 32.6 Å². The number of hydrogen-bond donors (Lipinski definition) is 1. The van der Waals surface area contributed by atoms with Gasteiger partial charge in [-0.15, -0.1) is 0 Å². The first kappa shape index (κ1) is 13.5. The molecule has 0 bridgehead atoms. The van der Waals surface area contributed by atoms with Crippen LogP contribution in [0, 0.1) is 0 Å². The molecule has 4 nitrogen and oxygen atoms in total. The zero-order valence-electron chi connectivity index (χ0n) is 11.3. The summed E-state index contributed by atoms with van der Waals surface area (Å²) in [5.74, 6) is -0.0167. The van der Waals surface area contributed by atoms with Gasteiger partial charge in [0.1, 0.15) is 0 Å². The van der Waals surface area contributed by atoms with Crippen LogP contribution in [-0.2, 0) is 9.53 Å². The molecule has 2 N–H and O–H groups in total. The van der Waals surface area contributed by atoms with Crippen LogP contribution in [0.5, 0.6) is 0 Å². The number of nitrogens with zero attached hydrogens (tertiary/aromatic N) is 1. The predicted octanol–water partition coefficient (Wildman–Crippen LogP) is 1.14. The Morgan fingerprint density at radius 3 is 1.88 bits per heavy atom. The normalized spacial score (nSPS) is 24.3. The summed E-state index contributed by atoms with van der Waals surface area (Å²) in [6.07, 6.45) is 0. The van der Waals surface area contributed by atoms with Crippen molar-refractivity contribution in [3.63, 3.8) is 0 Å². The lowest BCUT2D eigenvalue weighted by atomic mass is 9.96. The van der Waals surface area contributed by atoms with E-state index in [4.69, 9.17) is 10.5 Å². The van der Waals surface area contributed by atoms with E-state index in [1.54, 1.807) is 13.8 Å². The van der Waals surface area contributed by atoms with Gasteiger partial charge in [-0.2, -0.15) is 0 Å². The van der Waals surface area contributed by atoms with Crippen LogP contribution in [0.25, 0.3) is 0 Å². The molecule has 0 radical (unpaired) electrons. The summed E-state index contributed by atoms with van der Waals surface area (Å²) >= 11 is 0. The molecule has 94 valence electrons. The minimum atomic E-state index is -0.816. The third kappa shape index (κ3) is 3.19. The van der Waals surface area contributed by atoms with Crippen molar-refractivity contribution in [3.05, 3.63) is 0 Å². The van der Waals surface area contributed by atoms with Crippen molar-refractivity contribution in [2.45, 2.75) is 58.3 Å². The molecular weight excluding hydrogens is 204 g/mol. The molecule has 0 unspecified atom stereocenters. The standard InChI is InChI=1S/C12H24N2O2/c1-10(2)7-14(8-11(3,4)16-10)9(15)12(5,6)13/h7-8,13H2,1-6H3. The van der Waals surface area contributed by atoms with E-state index in [0.717, 1.165) is 0 Å². The van der Waals surface area contributed by atoms with Gasteiger partial charge in [0.05, 0.1) is 16.7 Å². The van der Waals surface area contributed by atoms with Crippen LogP contribution in [0.3, 0.4) is 0 Å². The van der Waals surface area contributed by atoms with Gasteiger partial charge in [-0.25, -0.2) is 0 Å². The summed E-state index contributed by atoms with van der Waals surface area (Å²) in [6, 6.07) is 0. The number of hydrogen-bond acceptors (Lipinski definition) is 3. The largest absolute Gasteiger partial charge is 0.366 e. The molecule has 0 spiro atoms. The minimum Gasteiger partial charge on any atom is -0.366 e. The average Bonchev–Trinajstić information content (AvgIpc) is 1.94. The van der Waals surface area contributed by atoms with Crippen molar-refractivity contribution >= 4 is 5.91 Å². The van der Waals surface area contributed by atoms with E-state index in [2.05, 4.69) is 0 Å². The molecule has 0 aliphatic carbocycles. The van der Waals surface area contributed by atoms with Gasteiger partial charge in [0, 0.05) is 13.1 Å². The molecule has 1 fully saturated rings. The number of amides is 1. The molecule has 1 heterocycles. The van der Waals surface area contributed by atoms with Crippen molar-refractivity contribution in [2.24, 2.45) is 5.73 Å². The van der Waals surface area contributed by atoms with Gasteiger partial charge in [0.15, 0.2) is 0 Å². The van der Waals surface area contributed by atoms with E-state index in [-0.39, 0.29) is 17.1 Å². The Morgan fingerprint density at radius 2 is 1.56 bits per heavy atom. The maximum absolute atomic E-state index is 12.1. The van der Waals surface area contributed by atoms with Crippen molar-refractivity contribution in [1.29, 1.82) is 0 Å². The number of morpholine rings is 1. The summed E-state index contributed by atoms with van der Waals surface area (Å²) in [4.78, 5) is 13.9. The first-order valence-corrected chi connectivity index (χ1v) is 5.71. The van der Waals surface area contributed by atoms with Gasteiger partial charge >= 0.3 is 0 Å². The Hall–Kier alpha value is -0.610. The fraction of sp³-hybridized carbons (Fsp3) is 0.917. The Balaban J connectivity index is 2.87. The summed E-state index contributed by atoms with van der Waals surface area (Å²) in [7, 11) is 0. The number of rotatable bonds is 1. The van der Waals surface area contributed by atoms with Crippen LogP contribution in [-0.4, -0.2) is 40.6 Å². The number of nitrogens with two attached hydrogens (primary N) is 1. The Bertz CT molecular complexity index is 274. The van der Waals surface area contributed by atoms with Crippen LogP contribution in [0.1, 0.15) is 41.5 Å². The highest BCUT2D eigenvalue weighted by Crippen LogP contribution is 2.28. The van der Waals surface area contributed by atoms with E-state index in [9.17, 15) is 4.79 Å². The molecule has 1 aliphatic rings. The maximum Gasteiger partial charge on any atom is 0.242 e. The van der Waals surface area contributed by atoms with Gasteiger partial charge in [0.25, 0.3) is 0 Å². The topological polar surface area (TPSA) is 55.6 Å². The highest BCUT2D eigenvalue weighted by atomic mass is 16.5. The highest BCUT2D eigenvalue weighted by Gasteiger charge is 2.42. The second-order valence-electron chi connectivity index (χ2n) is 6.50. The molecule has 1 amide bonds. The zero-order chi connectivity index (χ0) is 12.8. The Labute approximate surface area is 98.1 Å². The van der Waals surface area contributed by atoms with E-state index in [1.165, 1.54) is 0 Å². The predicted molar refractivity (Wildman–Crippen MR) is 64.1 cm³/mol. The Kier molecular flexibility index (Phi) is 3.12. The molecule has 1 saturated heterocycles. The van der Waals surface area contributed by atoms with Crippen molar-refractivity contribution in [3.8, 4) is 0 Å². The molecule has 16 heavy (non-hydrogen) atoms. The highest BCUT2D eigenvalue weighted by molar-refractivity contribution is 5.85. The van der Waals surface area contributed by atoms with Crippen molar-refractivity contribution < 1.29 is 9.53 Å². The fourth-order valence-corrected chi connectivity index (χ4v) is 2.34. The molecule has 0 saturated carbocycles. The third-order valence-electron chi connectivity index (χ3n) is 2.53. The quantitative estimate of drug-likeness (QED) is 0.732. The summed E-state index contributed by atoms with van der Waals surface area (Å²) in [5.41, 5.74) is 4.41. The first-order chi connectivity index (χ1) is 6.93. The van der Waals surface area contributed by atoms with Gasteiger partial charge < -0.3 is 15.4 Å². The smallest absolute Gasteiger partial charge is 0.242 e. The lowest BCUT2D eigenvalue weighted by Crippen LogP contribution is -2.63. The van der Waals surface area contributed by atoms with Crippen LogP contribution < -0.4 is 5.73 Å². The van der Waals surface area contributed by atoms with Gasteiger partial charge in [-0.1, -0.05) is 0 Å². The number of carbonyl (C=O) groups excluding carboxylic acids is 1. The van der Waals surface area contributed by atoms with Crippen LogP contribution >= 0.6 is 0 Å². The SMILES string of the molecule is CC1(C)CN(C(=O)C(C)(C)N)CC(C)(C)O1. The molecule has 0 aromatic carbocycles. The third-order valence-corrected chi connectivity index (χ3v) is 2.53. The lowest BCUT2D eigenvalue weighted by Gasteiger charge is -2.48. The summed E-state index contributed by atoms with van der Waals surface area (Å²) < 4.78 is 5.92. The molecular formula is C12H24N2O2. The van der Waals surface area contributed by atoms with Crippen LogP contribution in [0.2, 0.25) is 0 Å². The van der Waals surface area contributed by atoms with Crippen LogP contribution in [0.15, 0.2) is 0 Å². The van der Waals surface area contributed by atoms with Crippen LogP contribution in [0.4, 0.5) is 0 Å². The minimum absolute atomic E-state index is 0.0167. The van der Waals surface area contributed by atoms with E-state index in [0.29, 0.717) is 13.1 Å². The van der Waals surface area contributed by atoms with Gasteiger partial charge in [0.2, 0.25) is 5.91 Å². The monoisotopic (exact) mass is 228 g/mol. The number of carbonyl (C=O) groups is 1. The first-order valence-electron chi connectivity index (χ1n) is 5.71. The molecule has 1 aliphatic heterocycles. The zero-order valence-corrected chi connectivity index (χ0v) is 11.3. The van der Waals surface area contributed by atoms with Gasteiger partial charge in [-0.3, -0.25) is 4.79 Å². The molecule has 0 atom stereocenters. The second kappa shape index (κ2) is 3.70. The van der Waals surface area contributed by atoms with E-state index >= 15 is 0 Å². The van der Waals surface area contributed by atoms with Crippen molar-refractivity contribution in [2.75, 3.05) is 13.1 Å². The lowest BCUT2D eigenvalue weighted by molar-refractivity contribution is -0.190. The maximum atomic E-state index is 12.1. The molecule has 4 heteroatoms. The Morgan fingerprint density at radius 1 is 1.19 bits per heavy atom. The van der Waals surface area contributed by atoms with Crippen molar-refractivity contribution in [1.82, 2.24) is 4.90 Å². The molecule has 1 rings (SSSR count). The summed E-state index contributed by atoms with van der Waals surface area (Å²) in [6.45, 7) is 12.7. The fourth-order valence-electron chi connectivity index (χ4n) is 2.34. The van der Waals surface area contributed by atoms with Gasteiger partial charge in [-0.05, 0) is 41.5 Å². The average molecular weight is 228 g/mol. The summed E-state index contributed by atoms with van der Waals surface area (Å²) in [5, 5.41) is 0. The molecule has 0 aromatic rings. The molecule has 0 aromatic heterocycles. The second-order valence-corrected chi connectivity index (χ2v) is 6.50. The number of ether oxygens (including phenoxy) is 1. The van der Waals surface area contributed by atoms with E-state index < -0.39 is 5.54 Å².